The second kappa shape index (κ2) is 10.9. The largest absolute Gasteiger partial charge is 0.488 e. The van der Waals surface area contributed by atoms with Crippen molar-refractivity contribution >= 4 is 31.6 Å². The maximum absolute atomic E-state index is 15.4. The van der Waals surface area contributed by atoms with Crippen LogP contribution in [-0.4, -0.2) is 57.7 Å². The number of ether oxygens (including phenoxy) is 1. The van der Waals surface area contributed by atoms with Gasteiger partial charge < -0.3 is 4.74 Å². The zero-order valence-corrected chi connectivity index (χ0v) is 23.1. The summed E-state index contributed by atoms with van der Waals surface area (Å²) in [5.74, 6) is -2.39. The van der Waals surface area contributed by atoms with E-state index in [1.165, 1.54) is 28.6 Å². The number of piperidine rings is 1. The molecule has 0 N–H and O–H groups in total. The first-order valence-electron chi connectivity index (χ1n) is 11.9. The monoisotopic (exact) mass is 564 g/mol. The molecular weight excluding hydrogens is 534 g/mol. The third-order valence-corrected chi connectivity index (χ3v) is 11.6. The molecule has 4 rings (SSSR count). The summed E-state index contributed by atoms with van der Waals surface area (Å²) in [6.07, 6.45) is 0.0167. The van der Waals surface area contributed by atoms with Gasteiger partial charge >= 0.3 is 0 Å². The lowest BCUT2D eigenvalue weighted by Crippen LogP contribution is -2.65. The summed E-state index contributed by atoms with van der Waals surface area (Å²) in [5.41, 5.74) is -0.474. The number of rotatable bonds is 6. The van der Waals surface area contributed by atoms with E-state index in [-0.39, 0.29) is 37.4 Å². The van der Waals surface area contributed by atoms with Crippen LogP contribution >= 0.6 is 11.6 Å². The fourth-order valence-corrected chi connectivity index (χ4v) is 9.44. The van der Waals surface area contributed by atoms with Crippen molar-refractivity contribution in [2.45, 2.75) is 56.2 Å². The molecule has 0 spiro atoms. The van der Waals surface area contributed by atoms with Gasteiger partial charge in [-0.2, -0.15) is 17.0 Å². The molecule has 2 heterocycles. The molecular formula is C24H31ClF2N2O5S2. The molecule has 2 aromatic rings. The minimum absolute atomic E-state index is 0.0248. The van der Waals surface area contributed by atoms with Gasteiger partial charge in [-0.05, 0) is 49.2 Å². The summed E-state index contributed by atoms with van der Waals surface area (Å²) in [5, 5.41) is 0.298. The van der Waals surface area contributed by atoms with Gasteiger partial charge in [0, 0.05) is 24.7 Å². The molecule has 2 aliphatic rings. The van der Waals surface area contributed by atoms with E-state index in [1.54, 1.807) is 13.8 Å². The van der Waals surface area contributed by atoms with Crippen molar-refractivity contribution in [3.8, 4) is 5.75 Å². The molecule has 1 fully saturated rings. The van der Waals surface area contributed by atoms with Gasteiger partial charge in [0.25, 0.3) is 10.2 Å². The van der Waals surface area contributed by atoms with Gasteiger partial charge in [-0.25, -0.2) is 17.2 Å². The first kappa shape index (κ1) is 28.8. The number of nitrogens with zero attached hydrogens (tertiary/aromatic N) is 2. The molecule has 2 atom stereocenters. The van der Waals surface area contributed by atoms with Gasteiger partial charge in [0.1, 0.15) is 17.2 Å². The first-order valence-corrected chi connectivity index (χ1v) is 15.2. The van der Waals surface area contributed by atoms with Crippen LogP contribution in [0.15, 0.2) is 41.3 Å². The SMILES string of the molecule is CC.CCN(CC)S(=O)(=O)N1CCC[C@@]2(S(=O)(=O)c3ccc(Cl)cc3)c3c(F)ccc(F)c3OCC12. The quantitative estimate of drug-likeness (QED) is 0.505. The third-order valence-electron chi connectivity index (χ3n) is 6.61. The number of fused-ring (bicyclic) bond motifs is 3. The molecule has 0 radical (unpaired) electrons. The Labute approximate surface area is 217 Å². The Kier molecular flexibility index (Phi) is 8.72. The Balaban J connectivity index is 0.00000176. The number of halogens is 3. The standard InChI is InChI=1S/C22H25ClF2N2O5S2.C2H6/c1-3-26(4-2)34(30,31)27-13-5-12-22(33(28,29)16-8-6-15(23)7-9-16)19(27)14-32-21-18(25)11-10-17(24)20(21)22;1-2/h6-11,19H,3-5,12-14H2,1-2H3;1-2H3/t19?,22-;/m0./s1. The molecule has 1 saturated heterocycles. The van der Waals surface area contributed by atoms with Crippen LogP contribution in [0, 0.1) is 11.6 Å². The van der Waals surface area contributed by atoms with Gasteiger partial charge in [-0.15, -0.1) is 0 Å². The van der Waals surface area contributed by atoms with Crippen molar-refractivity contribution in [3.63, 3.8) is 0 Å². The molecule has 12 heteroatoms. The molecule has 0 aliphatic carbocycles. The number of hydrogen-bond acceptors (Lipinski definition) is 5. The average Bonchev–Trinajstić information content (AvgIpc) is 2.87. The molecule has 2 aliphatic heterocycles. The lowest BCUT2D eigenvalue weighted by Gasteiger charge is -2.51. The fourth-order valence-electron chi connectivity index (χ4n) is 5.04. The van der Waals surface area contributed by atoms with Crippen LogP contribution in [0.5, 0.6) is 5.75 Å². The maximum Gasteiger partial charge on any atom is 0.282 e. The van der Waals surface area contributed by atoms with Crippen molar-refractivity contribution in [1.29, 1.82) is 0 Å². The van der Waals surface area contributed by atoms with Crippen molar-refractivity contribution in [2.75, 3.05) is 26.2 Å². The first-order chi connectivity index (χ1) is 17.0. The van der Waals surface area contributed by atoms with Crippen LogP contribution in [0.25, 0.3) is 0 Å². The highest BCUT2D eigenvalue weighted by atomic mass is 35.5. The van der Waals surface area contributed by atoms with E-state index in [2.05, 4.69) is 0 Å². The molecule has 1 unspecified atom stereocenters. The minimum Gasteiger partial charge on any atom is -0.488 e. The van der Waals surface area contributed by atoms with Gasteiger partial charge in [0.05, 0.1) is 16.5 Å². The number of hydrogen-bond donors (Lipinski definition) is 0. The lowest BCUT2D eigenvalue weighted by atomic mass is 9.81. The van der Waals surface area contributed by atoms with Gasteiger partial charge in [-0.1, -0.05) is 39.3 Å². The molecule has 7 nitrogen and oxygen atoms in total. The molecule has 200 valence electrons. The number of benzene rings is 2. The molecule has 0 amide bonds. The summed E-state index contributed by atoms with van der Waals surface area (Å²) in [7, 11) is -8.58. The summed E-state index contributed by atoms with van der Waals surface area (Å²) < 4.78 is 91.4. The van der Waals surface area contributed by atoms with Crippen LogP contribution < -0.4 is 4.74 Å². The summed E-state index contributed by atoms with van der Waals surface area (Å²) in [6.45, 7) is 7.26. The second-order valence-electron chi connectivity index (χ2n) is 8.21. The smallest absolute Gasteiger partial charge is 0.282 e. The van der Waals surface area contributed by atoms with Crippen molar-refractivity contribution in [3.05, 3.63) is 58.6 Å². The van der Waals surface area contributed by atoms with E-state index in [4.69, 9.17) is 16.3 Å². The predicted octanol–water partition coefficient (Wildman–Crippen LogP) is 4.76. The Morgan fingerprint density at radius 3 is 2.19 bits per heavy atom. The molecule has 36 heavy (non-hydrogen) atoms. The average molecular weight is 565 g/mol. The van der Waals surface area contributed by atoms with Crippen molar-refractivity contribution in [2.24, 2.45) is 0 Å². The predicted molar refractivity (Wildman–Crippen MR) is 135 cm³/mol. The summed E-state index contributed by atoms with van der Waals surface area (Å²) in [6, 6.07) is 5.74. The van der Waals surface area contributed by atoms with Crippen LogP contribution in [-0.2, 0) is 24.8 Å². The Bertz CT molecular complexity index is 1300. The summed E-state index contributed by atoms with van der Waals surface area (Å²) >= 11 is 5.94. The zero-order valence-electron chi connectivity index (χ0n) is 20.7. The highest BCUT2D eigenvalue weighted by Gasteiger charge is 2.63. The molecule has 2 aromatic carbocycles. The van der Waals surface area contributed by atoms with E-state index < -0.39 is 60.4 Å². The topological polar surface area (TPSA) is 84.0 Å². The van der Waals surface area contributed by atoms with Crippen LogP contribution in [0.2, 0.25) is 5.02 Å². The summed E-state index contributed by atoms with van der Waals surface area (Å²) in [4.78, 5) is -0.166. The molecule has 0 aromatic heterocycles. The van der Waals surface area contributed by atoms with E-state index in [0.29, 0.717) is 5.02 Å². The maximum atomic E-state index is 15.4. The van der Waals surface area contributed by atoms with Gasteiger partial charge in [-0.3, -0.25) is 0 Å². The van der Waals surface area contributed by atoms with Crippen molar-refractivity contribution < 1.29 is 30.4 Å². The van der Waals surface area contributed by atoms with Crippen LogP contribution in [0.4, 0.5) is 8.78 Å². The van der Waals surface area contributed by atoms with Crippen molar-refractivity contribution in [1.82, 2.24) is 8.61 Å². The third kappa shape index (κ3) is 4.42. The van der Waals surface area contributed by atoms with E-state index in [0.717, 1.165) is 16.4 Å². The van der Waals surface area contributed by atoms with Crippen LogP contribution in [0.1, 0.15) is 46.1 Å². The number of sulfone groups is 1. The highest BCUT2D eigenvalue weighted by Crippen LogP contribution is 2.54. The van der Waals surface area contributed by atoms with E-state index >= 15 is 4.39 Å². The van der Waals surface area contributed by atoms with Crippen LogP contribution in [0.3, 0.4) is 0 Å². The Hall–Kier alpha value is -1.79. The van der Waals surface area contributed by atoms with Gasteiger partial charge in [0.15, 0.2) is 21.4 Å². The highest BCUT2D eigenvalue weighted by molar-refractivity contribution is 7.92. The van der Waals surface area contributed by atoms with E-state index in [1.807, 2.05) is 13.8 Å². The minimum atomic E-state index is -4.46. The zero-order chi connectivity index (χ0) is 26.9. The Morgan fingerprint density at radius 1 is 1.03 bits per heavy atom. The fraction of sp³-hybridized carbons (Fsp3) is 0.500. The van der Waals surface area contributed by atoms with E-state index in [9.17, 15) is 21.2 Å². The second-order valence-corrected chi connectivity index (χ2v) is 12.7. The van der Waals surface area contributed by atoms with Gasteiger partial charge in [0.2, 0.25) is 0 Å². The lowest BCUT2D eigenvalue weighted by molar-refractivity contribution is 0.0936. The molecule has 0 bridgehead atoms. The normalized spacial score (nSPS) is 22.2. The Morgan fingerprint density at radius 2 is 1.61 bits per heavy atom. The molecule has 0 saturated carbocycles.